The van der Waals surface area contributed by atoms with E-state index in [1.54, 1.807) is 12.4 Å². The lowest BCUT2D eigenvalue weighted by molar-refractivity contribution is 0.584. The first-order valence-electron chi connectivity index (χ1n) is 36.4. The second-order valence-electron chi connectivity index (χ2n) is 29.5. The monoisotopic (exact) mass is 1380 g/mol. The topological polar surface area (TPSA) is 131 Å². The van der Waals surface area contributed by atoms with Gasteiger partial charge in [-0.3, -0.25) is 29.5 Å². The minimum absolute atomic E-state index is 0.104. The smallest absolute Gasteiger partial charge is 0.248 e. The molecule has 10 heterocycles. The van der Waals surface area contributed by atoms with Crippen molar-refractivity contribution in [3.63, 3.8) is 0 Å². The maximum Gasteiger partial charge on any atom is 0.248 e. The molecule has 0 unspecified atom stereocenters. The van der Waals surface area contributed by atoms with Crippen molar-refractivity contribution in [2.24, 2.45) is 0 Å². The van der Waals surface area contributed by atoms with Gasteiger partial charge in [-0.2, -0.15) is 0 Å². The van der Waals surface area contributed by atoms with E-state index in [0.717, 1.165) is 89.2 Å². The van der Waals surface area contributed by atoms with E-state index in [4.69, 9.17) is 24.4 Å². The summed E-state index contributed by atoms with van der Waals surface area (Å²) in [6, 6.07) is 93.7. The Bertz CT molecular complexity index is 6770. The van der Waals surface area contributed by atoms with Crippen LogP contribution in [0.25, 0.3) is 162 Å². The zero-order chi connectivity index (χ0) is 71.9. The van der Waals surface area contributed by atoms with Crippen LogP contribution in [0.3, 0.4) is 0 Å². The lowest BCUT2D eigenvalue weighted by Gasteiger charge is -2.23. The van der Waals surface area contributed by atoms with Gasteiger partial charge in [-0.15, -0.1) is 10.2 Å². The summed E-state index contributed by atoms with van der Waals surface area (Å²) in [5, 5.41) is 12.1. The van der Waals surface area contributed by atoms with Crippen LogP contribution in [0.5, 0.6) is 0 Å². The molecule has 0 fully saturated rings. The molecule has 0 aliphatic heterocycles. The standard InChI is InChI=1S/C34H24N4O.C31H23N3.C30H22N4/c1-34(2)27-12-7-6-11-24(27)25-18-19-26-30-28(13-8-20-35-30)38(31(26)29(25)34)23-16-14-22(15-17-23)33-37-36-32(39-33)21-9-4-3-5-10-21;1-31(2)26-9-4-3-8-23(26)24-15-16-25-29-27(10-6-18-33-29)34(30(25)28(24)31)22-13-11-20(12-14-22)21-7-5-17-32-19-21;1-30(2)23-8-4-3-7-20(23)21-12-13-22-28-25(10-6-16-32-28)34(29(22)27(21)30)26-11-5-9-24(33-26)19-14-17-31-18-15-19/h3-20H,1-2H3;3-19H,1-2H3;3-18H,1-2H3. The van der Waals surface area contributed by atoms with Gasteiger partial charge in [0.1, 0.15) is 5.82 Å². The van der Waals surface area contributed by atoms with E-state index in [0.29, 0.717) is 11.8 Å². The normalized spacial score (nSPS) is 13.7. The Labute approximate surface area is 617 Å². The molecule has 107 heavy (non-hydrogen) atoms. The van der Waals surface area contributed by atoms with Gasteiger partial charge in [0, 0.05) is 104 Å². The first kappa shape index (κ1) is 63.1. The predicted octanol–water partition coefficient (Wildman–Crippen LogP) is 22.7. The average molecular weight is 1380 g/mol. The van der Waals surface area contributed by atoms with E-state index >= 15 is 0 Å². The molecule has 0 saturated carbocycles. The molecule has 10 aromatic heterocycles. The summed E-state index contributed by atoms with van der Waals surface area (Å²) in [6.45, 7) is 14.0. The highest BCUT2D eigenvalue weighted by atomic mass is 16.4. The fourth-order valence-electron chi connectivity index (χ4n) is 17.7. The highest BCUT2D eigenvalue weighted by molar-refractivity contribution is 6.14. The molecule has 0 saturated heterocycles. The van der Waals surface area contributed by atoms with Crippen LogP contribution in [-0.2, 0) is 16.2 Å². The number of nitrogens with zero attached hydrogens (tertiary/aromatic N) is 11. The predicted molar refractivity (Wildman–Crippen MR) is 431 cm³/mol. The largest absolute Gasteiger partial charge is 0.416 e. The molecule has 22 rings (SSSR count). The summed E-state index contributed by atoms with van der Waals surface area (Å²) in [5.74, 6) is 1.91. The maximum atomic E-state index is 6.01. The van der Waals surface area contributed by atoms with Crippen LogP contribution >= 0.6 is 0 Å². The summed E-state index contributed by atoms with van der Waals surface area (Å²) in [7, 11) is 0. The van der Waals surface area contributed by atoms with Gasteiger partial charge in [0.25, 0.3) is 0 Å². The Morgan fingerprint density at radius 2 is 0.701 bits per heavy atom. The van der Waals surface area contributed by atoms with Crippen LogP contribution in [0.2, 0.25) is 0 Å². The molecule has 0 radical (unpaired) electrons. The molecule has 0 N–H and O–H groups in total. The number of hydrogen-bond acceptors (Lipinski definition) is 9. The Hall–Kier alpha value is -13.6. The van der Waals surface area contributed by atoms with E-state index < -0.39 is 0 Å². The van der Waals surface area contributed by atoms with Gasteiger partial charge in [-0.1, -0.05) is 175 Å². The van der Waals surface area contributed by atoms with E-state index in [-0.39, 0.29) is 16.2 Å². The Balaban J connectivity index is 0.000000106. The number of pyridine rings is 6. The van der Waals surface area contributed by atoms with Crippen LogP contribution in [-0.4, -0.2) is 53.8 Å². The van der Waals surface area contributed by atoms with Crippen molar-refractivity contribution in [1.82, 2.24) is 53.8 Å². The molecule has 510 valence electrons. The van der Waals surface area contributed by atoms with Crippen molar-refractivity contribution in [2.45, 2.75) is 57.8 Å². The lowest BCUT2D eigenvalue weighted by atomic mass is 9.81. The molecule has 12 heteroatoms. The SMILES string of the molecule is CC1(C)c2ccccc2-c2ccc3c4ncccc4n(-c4ccc(-c5cccnc5)cc4)c3c21.CC1(C)c2ccccc2-c2ccc3c4ncccc4n(-c4ccc(-c5nnc(-c6ccccc6)o5)cc4)c3c21.CC1(C)c2ccccc2-c2ccc3c4ncccc4n(-c4cccc(-c5ccncc5)n4)c3c21. The molecule has 3 aliphatic rings. The van der Waals surface area contributed by atoms with Gasteiger partial charge in [-0.05, 0) is 211 Å². The van der Waals surface area contributed by atoms with Crippen LogP contribution in [0, 0.1) is 0 Å². The van der Waals surface area contributed by atoms with Gasteiger partial charge in [0.05, 0.1) is 55.3 Å². The zero-order valence-electron chi connectivity index (χ0n) is 59.8. The summed E-state index contributed by atoms with van der Waals surface area (Å²) < 4.78 is 13.1. The third-order valence-corrected chi connectivity index (χ3v) is 22.5. The van der Waals surface area contributed by atoms with Gasteiger partial charge in [0.2, 0.25) is 11.8 Å². The number of hydrogen-bond donors (Lipinski definition) is 0. The fraction of sp³-hybridized carbons (Fsp3) is 0.0947. The van der Waals surface area contributed by atoms with E-state index in [9.17, 15) is 0 Å². The quantitative estimate of drug-likeness (QED) is 0.153. The average Bonchev–Trinajstić information content (AvgIpc) is 1.55. The van der Waals surface area contributed by atoms with Crippen LogP contribution in [0.15, 0.2) is 315 Å². The Kier molecular flexibility index (Phi) is 14.3. The molecular formula is C95H69N11O. The fourth-order valence-corrected chi connectivity index (χ4v) is 17.7. The summed E-state index contributed by atoms with van der Waals surface area (Å²) >= 11 is 0. The van der Waals surface area contributed by atoms with E-state index in [2.05, 4.69) is 276 Å². The first-order valence-corrected chi connectivity index (χ1v) is 36.4. The van der Waals surface area contributed by atoms with Crippen LogP contribution in [0.1, 0.15) is 74.9 Å². The maximum absolute atomic E-state index is 6.01. The van der Waals surface area contributed by atoms with Gasteiger partial charge < -0.3 is 13.6 Å². The van der Waals surface area contributed by atoms with Crippen molar-refractivity contribution in [3.8, 4) is 95.9 Å². The molecular weight excluding hydrogens is 1310 g/mol. The molecule has 12 nitrogen and oxygen atoms in total. The van der Waals surface area contributed by atoms with Gasteiger partial charge in [-0.25, -0.2) is 4.98 Å². The molecule has 9 aromatic carbocycles. The summed E-state index contributed by atoms with van der Waals surface area (Å²) in [5.41, 5.74) is 33.9. The Morgan fingerprint density at radius 3 is 1.17 bits per heavy atom. The highest BCUT2D eigenvalue weighted by Gasteiger charge is 2.42. The number of aromatic nitrogens is 11. The third-order valence-electron chi connectivity index (χ3n) is 22.5. The van der Waals surface area contributed by atoms with Crippen LogP contribution < -0.4 is 0 Å². The second-order valence-corrected chi connectivity index (χ2v) is 29.5. The third kappa shape index (κ3) is 9.75. The lowest BCUT2D eigenvalue weighted by Crippen LogP contribution is -2.16. The molecule has 0 amide bonds. The van der Waals surface area contributed by atoms with Crippen molar-refractivity contribution < 1.29 is 4.42 Å². The van der Waals surface area contributed by atoms with Crippen LogP contribution in [0.4, 0.5) is 0 Å². The summed E-state index contributed by atoms with van der Waals surface area (Å²) in [6.07, 6.45) is 13.0. The van der Waals surface area contributed by atoms with Gasteiger partial charge in [0.15, 0.2) is 0 Å². The minimum atomic E-state index is -0.144. The summed E-state index contributed by atoms with van der Waals surface area (Å²) in [4.78, 5) is 28.0. The molecule has 0 spiro atoms. The minimum Gasteiger partial charge on any atom is -0.416 e. The number of fused-ring (bicyclic) bond motifs is 21. The van der Waals surface area contributed by atoms with Gasteiger partial charge >= 0.3 is 0 Å². The second kappa shape index (κ2) is 24.3. The van der Waals surface area contributed by atoms with Crippen molar-refractivity contribution >= 4 is 65.8 Å². The Morgan fingerprint density at radius 1 is 0.290 bits per heavy atom. The molecule has 0 atom stereocenters. The number of rotatable bonds is 7. The van der Waals surface area contributed by atoms with E-state index in [1.807, 2.05) is 97.7 Å². The van der Waals surface area contributed by atoms with Crippen molar-refractivity contribution in [3.05, 3.63) is 344 Å². The van der Waals surface area contributed by atoms with Crippen molar-refractivity contribution in [1.29, 1.82) is 0 Å². The molecule has 19 aromatic rings. The van der Waals surface area contributed by atoms with Crippen molar-refractivity contribution in [2.75, 3.05) is 0 Å². The zero-order valence-corrected chi connectivity index (χ0v) is 59.8. The molecule has 3 aliphatic carbocycles. The number of benzene rings is 9. The van der Waals surface area contributed by atoms with E-state index in [1.165, 1.54) is 94.1 Å². The highest BCUT2D eigenvalue weighted by Crippen LogP contribution is 2.56. The molecule has 0 bridgehead atoms. The first-order chi connectivity index (χ1) is 52.4.